The average molecular weight is 294 g/mol. The van der Waals surface area contributed by atoms with Crippen LogP contribution in [0.2, 0.25) is 0 Å². The van der Waals surface area contributed by atoms with Crippen LogP contribution < -0.4 is 0 Å². The summed E-state index contributed by atoms with van der Waals surface area (Å²) >= 11 is 1.56. The number of amides is 1. The Morgan fingerprint density at radius 1 is 1.45 bits per heavy atom. The van der Waals surface area contributed by atoms with Crippen molar-refractivity contribution in [1.82, 2.24) is 4.90 Å². The lowest BCUT2D eigenvalue weighted by atomic mass is 10.2. The van der Waals surface area contributed by atoms with Gasteiger partial charge in [0.25, 0.3) is 5.91 Å². The molecule has 106 valence electrons. The predicted octanol–water partition coefficient (Wildman–Crippen LogP) is 3.30. The maximum atomic E-state index is 12.3. The van der Waals surface area contributed by atoms with Crippen LogP contribution in [0, 0.1) is 10.1 Å². The third kappa shape index (κ3) is 3.24. The molecule has 2 heterocycles. The number of hydrogen-bond donors (Lipinski definition) is 0. The van der Waals surface area contributed by atoms with Gasteiger partial charge < -0.3 is 9.32 Å². The fourth-order valence-electron chi connectivity index (χ4n) is 1.82. The standard InChI is InChI=1S/C13H14N2O4S/c1-2-6-14(8-10-5-7-20-9-10)13(16)11-3-4-12(19-11)15(17)18/h3-5,7,9H,2,6,8H2,1H3. The summed E-state index contributed by atoms with van der Waals surface area (Å²) < 4.78 is 4.97. The molecule has 2 rings (SSSR count). The van der Waals surface area contributed by atoms with Crippen LogP contribution in [0.4, 0.5) is 5.88 Å². The summed E-state index contributed by atoms with van der Waals surface area (Å²) in [6.45, 7) is 3.02. The zero-order valence-corrected chi connectivity index (χ0v) is 11.8. The molecule has 0 spiro atoms. The molecule has 0 aromatic carbocycles. The normalized spacial score (nSPS) is 10.4. The van der Waals surface area contributed by atoms with Gasteiger partial charge in [0.2, 0.25) is 0 Å². The first-order valence-corrected chi connectivity index (χ1v) is 7.10. The number of thiophene rings is 1. The van der Waals surface area contributed by atoms with Crippen LogP contribution in [-0.4, -0.2) is 22.3 Å². The number of nitrogens with zero attached hydrogens (tertiary/aromatic N) is 2. The second kappa shape index (κ2) is 6.33. The smallest absolute Gasteiger partial charge is 0.395 e. The van der Waals surface area contributed by atoms with E-state index >= 15 is 0 Å². The lowest BCUT2D eigenvalue weighted by Crippen LogP contribution is -2.30. The predicted molar refractivity (Wildman–Crippen MR) is 74.7 cm³/mol. The van der Waals surface area contributed by atoms with Crippen LogP contribution >= 0.6 is 11.3 Å². The van der Waals surface area contributed by atoms with Crippen LogP contribution in [0.1, 0.15) is 29.5 Å². The van der Waals surface area contributed by atoms with Crippen molar-refractivity contribution < 1.29 is 14.1 Å². The molecule has 0 aliphatic carbocycles. The summed E-state index contributed by atoms with van der Waals surface area (Å²) in [6.07, 6.45) is 0.804. The molecule has 2 aromatic rings. The second-order valence-electron chi connectivity index (χ2n) is 4.25. The van der Waals surface area contributed by atoms with Gasteiger partial charge in [-0.3, -0.25) is 14.9 Å². The molecule has 0 bridgehead atoms. The number of carbonyl (C=O) groups is 1. The molecule has 0 saturated heterocycles. The van der Waals surface area contributed by atoms with Crippen molar-refractivity contribution in [1.29, 1.82) is 0 Å². The van der Waals surface area contributed by atoms with Crippen molar-refractivity contribution in [3.63, 3.8) is 0 Å². The summed E-state index contributed by atoms with van der Waals surface area (Å²) in [6, 6.07) is 4.49. The average Bonchev–Trinajstić information content (AvgIpc) is 3.08. The van der Waals surface area contributed by atoms with E-state index in [0.29, 0.717) is 13.1 Å². The first-order chi connectivity index (χ1) is 9.61. The van der Waals surface area contributed by atoms with Gasteiger partial charge in [-0.15, -0.1) is 0 Å². The van der Waals surface area contributed by atoms with E-state index in [1.54, 1.807) is 16.2 Å². The van der Waals surface area contributed by atoms with Crippen LogP contribution in [0.25, 0.3) is 0 Å². The molecule has 6 nitrogen and oxygen atoms in total. The Morgan fingerprint density at radius 2 is 2.25 bits per heavy atom. The number of hydrogen-bond acceptors (Lipinski definition) is 5. The summed E-state index contributed by atoms with van der Waals surface area (Å²) in [7, 11) is 0. The van der Waals surface area contributed by atoms with E-state index in [1.807, 2.05) is 23.8 Å². The molecule has 20 heavy (non-hydrogen) atoms. The maximum Gasteiger partial charge on any atom is 0.433 e. The highest BCUT2D eigenvalue weighted by atomic mass is 32.1. The Labute approximate surface area is 119 Å². The Morgan fingerprint density at radius 3 is 2.80 bits per heavy atom. The van der Waals surface area contributed by atoms with Gasteiger partial charge >= 0.3 is 5.88 Å². The zero-order chi connectivity index (χ0) is 14.5. The van der Waals surface area contributed by atoms with Gasteiger partial charge in [-0.2, -0.15) is 11.3 Å². The number of rotatable bonds is 6. The second-order valence-corrected chi connectivity index (χ2v) is 5.03. The molecule has 2 aromatic heterocycles. The van der Waals surface area contributed by atoms with E-state index in [-0.39, 0.29) is 11.7 Å². The summed E-state index contributed by atoms with van der Waals surface area (Å²) in [5, 5.41) is 14.5. The highest BCUT2D eigenvalue weighted by Crippen LogP contribution is 2.19. The lowest BCUT2D eigenvalue weighted by molar-refractivity contribution is -0.402. The van der Waals surface area contributed by atoms with Gasteiger partial charge in [-0.1, -0.05) is 6.92 Å². The number of nitro groups is 1. The molecule has 0 aliphatic heterocycles. The first kappa shape index (κ1) is 14.3. The maximum absolute atomic E-state index is 12.3. The van der Waals surface area contributed by atoms with E-state index < -0.39 is 10.8 Å². The Bertz CT molecular complexity index is 591. The van der Waals surface area contributed by atoms with Gasteiger partial charge in [0.15, 0.2) is 5.76 Å². The molecule has 0 saturated carbocycles. The molecule has 0 radical (unpaired) electrons. The van der Waals surface area contributed by atoms with Crippen molar-refractivity contribution in [2.75, 3.05) is 6.54 Å². The minimum absolute atomic E-state index is 0.000351. The lowest BCUT2D eigenvalue weighted by Gasteiger charge is -2.20. The highest BCUT2D eigenvalue weighted by Gasteiger charge is 2.22. The van der Waals surface area contributed by atoms with E-state index in [9.17, 15) is 14.9 Å². The first-order valence-electron chi connectivity index (χ1n) is 6.16. The molecule has 0 N–H and O–H groups in total. The number of carbonyl (C=O) groups excluding carboxylic acids is 1. The molecule has 7 heteroatoms. The third-order valence-corrected chi connectivity index (χ3v) is 3.45. The monoisotopic (exact) mass is 294 g/mol. The van der Waals surface area contributed by atoms with Crippen LogP contribution in [-0.2, 0) is 6.54 Å². The van der Waals surface area contributed by atoms with Crippen LogP contribution in [0.15, 0.2) is 33.4 Å². The van der Waals surface area contributed by atoms with Crippen molar-refractivity contribution in [2.45, 2.75) is 19.9 Å². The van der Waals surface area contributed by atoms with E-state index in [0.717, 1.165) is 12.0 Å². The Kier molecular flexibility index (Phi) is 4.52. The summed E-state index contributed by atoms with van der Waals surface area (Å²) in [5.74, 6) is -0.744. The van der Waals surface area contributed by atoms with Crippen molar-refractivity contribution in [2.24, 2.45) is 0 Å². The van der Waals surface area contributed by atoms with Crippen molar-refractivity contribution >= 4 is 23.1 Å². The van der Waals surface area contributed by atoms with Gasteiger partial charge in [-0.05, 0) is 34.9 Å². The fraction of sp³-hybridized carbons (Fsp3) is 0.308. The topological polar surface area (TPSA) is 76.6 Å². The summed E-state index contributed by atoms with van der Waals surface area (Å²) in [5.41, 5.74) is 1.04. The molecule has 0 aliphatic rings. The van der Waals surface area contributed by atoms with Gasteiger partial charge in [0.1, 0.15) is 4.92 Å². The van der Waals surface area contributed by atoms with Crippen LogP contribution in [0.3, 0.4) is 0 Å². The SMILES string of the molecule is CCCN(Cc1ccsc1)C(=O)c1ccc([N+](=O)[O-])o1. The van der Waals surface area contributed by atoms with Gasteiger partial charge in [-0.25, -0.2) is 0 Å². The van der Waals surface area contributed by atoms with Gasteiger partial charge in [0, 0.05) is 13.1 Å². The summed E-state index contributed by atoms with van der Waals surface area (Å²) in [4.78, 5) is 23.9. The van der Waals surface area contributed by atoms with E-state index in [2.05, 4.69) is 0 Å². The number of furan rings is 1. The van der Waals surface area contributed by atoms with Gasteiger partial charge in [0.05, 0.1) is 6.07 Å². The van der Waals surface area contributed by atoms with Crippen molar-refractivity contribution in [3.8, 4) is 0 Å². The Balaban J connectivity index is 2.15. The van der Waals surface area contributed by atoms with Crippen LogP contribution in [0.5, 0.6) is 0 Å². The third-order valence-electron chi connectivity index (χ3n) is 2.72. The Hall–Kier alpha value is -2.15. The zero-order valence-electron chi connectivity index (χ0n) is 10.9. The molecule has 0 fully saturated rings. The molecule has 1 amide bonds. The van der Waals surface area contributed by atoms with E-state index in [4.69, 9.17) is 4.42 Å². The highest BCUT2D eigenvalue weighted by molar-refractivity contribution is 7.07. The van der Waals surface area contributed by atoms with Crippen molar-refractivity contribution in [3.05, 3.63) is 50.4 Å². The molecule has 0 atom stereocenters. The van der Waals surface area contributed by atoms with E-state index in [1.165, 1.54) is 12.1 Å². The molecular weight excluding hydrogens is 280 g/mol. The fourth-order valence-corrected chi connectivity index (χ4v) is 2.48. The largest absolute Gasteiger partial charge is 0.433 e. The minimum atomic E-state index is -0.653. The molecule has 0 unspecified atom stereocenters. The molecular formula is C13H14N2O4S. The quantitative estimate of drug-likeness (QED) is 0.605. The minimum Gasteiger partial charge on any atom is -0.395 e.